The van der Waals surface area contributed by atoms with Gasteiger partial charge in [-0.05, 0) is 40.2 Å². The van der Waals surface area contributed by atoms with Crippen molar-refractivity contribution in [2.45, 2.75) is 6.04 Å². The molecule has 0 aliphatic heterocycles. The fraction of sp³-hybridized carbons (Fsp3) is 0.231. The molecule has 0 saturated carbocycles. The lowest BCUT2D eigenvalue weighted by Crippen LogP contribution is -2.19. The predicted molar refractivity (Wildman–Crippen MR) is 80.4 cm³/mol. The summed E-state index contributed by atoms with van der Waals surface area (Å²) in [7, 11) is 1.67. The minimum Gasteiger partial charge on any atom is -0.495 e. The Morgan fingerprint density at radius 1 is 1.33 bits per heavy atom. The molecular formula is C13H15BrN2OS. The molecule has 0 aliphatic rings. The minimum atomic E-state index is 0.0950. The van der Waals surface area contributed by atoms with Crippen molar-refractivity contribution in [3.8, 4) is 5.75 Å². The molecule has 0 amide bonds. The normalized spacial score (nSPS) is 12.2. The summed E-state index contributed by atoms with van der Waals surface area (Å²) in [6.45, 7) is 0.533. The molecule has 0 radical (unpaired) electrons. The number of benzene rings is 1. The number of ether oxygens (including phenoxy) is 1. The summed E-state index contributed by atoms with van der Waals surface area (Å²) in [5.74, 6) is 0.826. The van der Waals surface area contributed by atoms with Gasteiger partial charge in [0, 0.05) is 11.4 Å². The summed E-state index contributed by atoms with van der Waals surface area (Å²) >= 11 is 5.15. The van der Waals surface area contributed by atoms with Crippen molar-refractivity contribution < 1.29 is 4.74 Å². The molecule has 1 unspecified atom stereocenters. The Bertz CT molecular complexity index is 515. The summed E-state index contributed by atoms with van der Waals surface area (Å²) in [6, 6.07) is 12.1. The van der Waals surface area contributed by atoms with E-state index in [1.165, 1.54) is 4.88 Å². The maximum absolute atomic E-state index is 5.84. The van der Waals surface area contributed by atoms with Crippen molar-refractivity contribution in [1.29, 1.82) is 0 Å². The molecule has 2 aromatic rings. The highest BCUT2D eigenvalue weighted by Crippen LogP contribution is 2.31. The number of methoxy groups -OCH3 is 1. The van der Waals surface area contributed by atoms with Crippen LogP contribution in [0.1, 0.15) is 10.9 Å². The molecule has 2 rings (SSSR count). The molecule has 1 atom stereocenters. The molecule has 3 nitrogen and oxygen atoms in total. The molecule has 18 heavy (non-hydrogen) atoms. The van der Waals surface area contributed by atoms with Crippen molar-refractivity contribution in [2.24, 2.45) is 5.73 Å². The zero-order valence-corrected chi connectivity index (χ0v) is 12.4. The first-order valence-corrected chi connectivity index (χ1v) is 7.20. The Labute approximate surface area is 119 Å². The van der Waals surface area contributed by atoms with Gasteiger partial charge >= 0.3 is 0 Å². The number of hydrogen-bond acceptors (Lipinski definition) is 4. The fourth-order valence-electron chi connectivity index (χ4n) is 1.71. The summed E-state index contributed by atoms with van der Waals surface area (Å²) < 4.78 is 6.43. The number of nitrogens with two attached hydrogens (primary N) is 1. The van der Waals surface area contributed by atoms with E-state index in [-0.39, 0.29) is 6.04 Å². The van der Waals surface area contributed by atoms with Gasteiger partial charge < -0.3 is 15.8 Å². The van der Waals surface area contributed by atoms with Gasteiger partial charge in [-0.25, -0.2) is 0 Å². The van der Waals surface area contributed by atoms with E-state index in [1.54, 1.807) is 18.4 Å². The standard InChI is InChI=1S/C13H15BrN2OS/c1-17-11-5-3-2-4-9(11)16-10(8-15)12-6-7-13(14)18-12/h2-7,10,16H,8,15H2,1H3. The zero-order chi connectivity index (χ0) is 13.0. The van der Waals surface area contributed by atoms with Crippen LogP contribution in [0.15, 0.2) is 40.2 Å². The Kier molecular flexibility index (Phi) is 4.63. The van der Waals surface area contributed by atoms with E-state index in [1.807, 2.05) is 30.3 Å². The number of halogens is 1. The summed E-state index contributed by atoms with van der Waals surface area (Å²) in [6.07, 6.45) is 0. The molecule has 0 saturated heterocycles. The van der Waals surface area contributed by atoms with Crippen molar-refractivity contribution >= 4 is 33.0 Å². The van der Waals surface area contributed by atoms with Crippen molar-refractivity contribution in [2.75, 3.05) is 19.0 Å². The highest BCUT2D eigenvalue weighted by atomic mass is 79.9. The van der Waals surface area contributed by atoms with Gasteiger partial charge in [0.1, 0.15) is 5.75 Å². The van der Waals surface area contributed by atoms with E-state index in [0.29, 0.717) is 6.54 Å². The third-order valence-corrected chi connectivity index (χ3v) is 4.35. The highest BCUT2D eigenvalue weighted by molar-refractivity contribution is 9.11. The maximum atomic E-state index is 5.84. The number of rotatable bonds is 5. The van der Waals surface area contributed by atoms with Gasteiger partial charge in [-0.2, -0.15) is 0 Å². The minimum absolute atomic E-state index is 0.0950. The van der Waals surface area contributed by atoms with Crippen molar-refractivity contribution in [3.63, 3.8) is 0 Å². The SMILES string of the molecule is COc1ccccc1NC(CN)c1ccc(Br)s1. The van der Waals surface area contributed by atoms with E-state index in [0.717, 1.165) is 15.2 Å². The topological polar surface area (TPSA) is 47.3 Å². The second kappa shape index (κ2) is 6.22. The monoisotopic (exact) mass is 326 g/mol. The van der Waals surface area contributed by atoms with E-state index in [2.05, 4.69) is 27.3 Å². The van der Waals surface area contributed by atoms with Gasteiger partial charge in [-0.3, -0.25) is 0 Å². The van der Waals surface area contributed by atoms with Crippen LogP contribution in [0, 0.1) is 0 Å². The first-order valence-electron chi connectivity index (χ1n) is 5.59. The lowest BCUT2D eigenvalue weighted by molar-refractivity contribution is 0.416. The van der Waals surface area contributed by atoms with Crippen LogP contribution in [0.4, 0.5) is 5.69 Å². The molecule has 3 N–H and O–H groups in total. The van der Waals surface area contributed by atoms with Crippen LogP contribution >= 0.6 is 27.3 Å². The van der Waals surface area contributed by atoms with Crippen molar-refractivity contribution in [3.05, 3.63) is 45.1 Å². The second-order valence-electron chi connectivity index (χ2n) is 3.77. The molecule has 1 aromatic carbocycles. The van der Waals surface area contributed by atoms with E-state index < -0.39 is 0 Å². The number of para-hydroxylation sites is 2. The van der Waals surface area contributed by atoms with E-state index in [4.69, 9.17) is 10.5 Å². The Morgan fingerprint density at radius 3 is 2.72 bits per heavy atom. The summed E-state index contributed by atoms with van der Waals surface area (Å²) in [4.78, 5) is 1.20. The lowest BCUT2D eigenvalue weighted by atomic mass is 10.2. The number of hydrogen-bond donors (Lipinski definition) is 2. The molecular weight excluding hydrogens is 312 g/mol. The van der Waals surface area contributed by atoms with Gasteiger partial charge in [0.05, 0.1) is 22.6 Å². The predicted octanol–water partition coefficient (Wildman–Crippen LogP) is 3.63. The van der Waals surface area contributed by atoms with Gasteiger partial charge in [0.15, 0.2) is 0 Å². The molecule has 1 aromatic heterocycles. The second-order valence-corrected chi connectivity index (χ2v) is 6.27. The summed E-state index contributed by atoms with van der Waals surface area (Å²) in [5, 5.41) is 3.42. The lowest BCUT2D eigenvalue weighted by Gasteiger charge is -2.18. The molecule has 0 aliphatic carbocycles. The largest absolute Gasteiger partial charge is 0.495 e. The number of anilines is 1. The van der Waals surface area contributed by atoms with Gasteiger partial charge in [0.25, 0.3) is 0 Å². The average Bonchev–Trinajstić information content (AvgIpc) is 2.83. The molecule has 0 bridgehead atoms. The zero-order valence-electron chi connectivity index (χ0n) is 10.0. The van der Waals surface area contributed by atoms with Gasteiger partial charge in [-0.1, -0.05) is 12.1 Å². The molecule has 0 fully saturated rings. The smallest absolute Gasteiger partial charge is 0.141 e. The first kappa shape index (κ1) is 13.4. The van der Waals surface area contributed by atoms with Crippen LogP contribution in [0.2, 0.25) is 0 Å². The van der Waals surface area contributed by atoms with Crippen LogP contribution in [0.3, 0.4) is 0 Å². The Balaban J connectivity index is 2.20. The highest BCUT2D eigenvalue weighted by Gasteiger charge is 2.13. The molecule has 0 spiro atoms. The van der Waals surface area contributed by atoms with Gasteiger partial charge in [-0.15, -0.1) is 11.3 Å². The number of thiophene rings is 1. The summed E-state index contributed by atoms with van der Waals surface area (Å²) in [5.41, 5.74) is 6.80. The van der Waals surface area contributed by atoms with Crippen LogP contribution in [-0.2, 0) is 0 Å². The number of nitrogens with one attached hydrogen (secondary N) is 1. The third-order valence-electron chi connectivity index (χ3n) is 2.61. The maximum Gasteiger partial charge on any atom is 0.141 e. The molecule has 96 valence electrons. The Morgan fingerprint density at radius 2 is 2.11 bits per heavy atom. The van der Waals surface area contributed by atoms with Crippen molar-refractivity contribution in [1.82, 2.24) is 0 Å². The van der Waals surface area contributed by atoms with Crippen LogP contribution in [0.25, 0.3) is 0 Å². The van der Waals surface area contributed by atoms with Crippen LogP contribution < -0.4 is 15.8 Å². The van der Waals surface area contributed by atoms with E-state index in [9.17, 15) is 0 Å². The molecule has 5 heteroatoms. The first-order chi connectivity index (χ1) is 8.74. The third kappa shape index (κ3) is 3.04. The molecule has 1 heterocycles. The van der Waals surface area contributed by atoms with Crippen LogP contribution in [-0.4, -0.2) is 13.7 Å². The Hall–Kier alpha value is -1.04. The quantitative estimate of drug-likeness (QED) is 0.881. The average molecular weight is 327 g/mol. The van der Waals surface area contributed by atoms with E-state index >= 15 is 0 Å². The fourth-order valence-corrected chi connectivity index (χ4v) is 3.20. The van der Waals surface area contributed by atoms with Crippen LogP contribution in [0.5, 0.6) is 5.75 Å². The van der Waals surface area contributed by atoms with Gasteiger partial charge in [0.2, 0.25) is 0 Å².